The van der Waals surface area contributed by atoms with E-state index >= 15 is 0 Å². The van der Waals surface area contributed by atoms with Crippen LogP contribution >= 0.6 is 0 Å². The van der Waals surface area contributed by atoms with E-state index in [0.29, 0.717) is 57.1 Å². The van der Waals surface area contributed by atoms with E-state index in [1.54, 1.807) is 11.1 Å². The van der Waals surface area contributed by atoms with Crippen LogP contribution in [0.5, 0.6) is 5.88 Å². The fourth-order valence-electron chi connectivity index (χ4n) is 7.99. The molecule has 3 N–H and O–H groups in total. The highest BCUT2D eigenvalue weighted by atomic mass is 16.5. The summed E-state index contributed by atoms with van der Waals surface area (Å²) in [5.41, 5.74) is 8.67. The summed E-state index contributed by atoms with van der Waals surface area (Å²) >= 11 is 0. The number of carbonyl (C=O) groups is 3. The monoisotopic (exact) mass is 744 g/mol. The lowest BCUT2D eigenvalue weighted by atomic mass is 10.0. The molecule has 0 radical (unpaired) electrons. The number of nitrogens with zero attached hydrogens (tertiary/aromatic N) is 9. The molecule has 0 bridgehead atoms. The number of carbonyl (C=O) groups excluding carboxylic acids is 3. The summed E-state index contributed by atoms with van der Waals surface area (Å²) in [7, 11) is 0. The molecular formula is C39H44N12O4. The van der Waals surface area contributed by atoms with Gasteiger partial charge in [-0.05, 0) is 55.3 Å². The zero-order valence-electron chi connectivity index (χ0n) is 30.8. The standard InChI is InChI=1S/C39H44N12O4/c1-25-33(21-42-37-36(25)40-10-17-55-37)49-11-8-26-19-43-38(45-32(26)24-49)44-28-3-2-27(41-20-28)18-35(53)48-15-13-47(14-16-48)31-22-50(23-31)29-4-6-30(7-5-29)51-12-9-34(52)46-39(51)54/h2-7,19-21,31,40H,8-18,22-24H2,1H3,(H,43,44,45)(H,46,52,54). The average molecular weight is 745 g/mol. The number of benzene rings is 1. The highest BCUT2D eigenvalue weighted by Gasteiger charge is 2.35. The minimum absolute atomic E-state index is 0.0881. The molecule has 4 amide bonds. The second-order valence-corrected chi connectivity index (χ2v) is 14.6. The van der Waals surface area contributed by atoms with Crippen molar-refractivity contribution >= 4 is 52.2 Å². The molecule has 1 aromatic carbocycles. The van der Waals surface area contributed by atoms with Gasteiger partial charge in [-0.15, -0.1) is 0 Å². The van der Waals surface area contributed by atoms with Gasteiger partial charge < -0.3 is 30.1 Å². The number of ether oxygens (including phenoxy) is 1. The number of hydrogen-bond donors (Lipinski definition) is 3. The van der Waals surface area contributed by atoms with Crippen LogP contribution in [0.1, 0.15) is 28.9 Å². The van der Waals surface area contributed by atoms with Crippen LogP contribution < -0.4 is 35.4 Å². The molecule has 5 aliphatic rings. The van der Waals surface area contributed by atoms with Gasteiger partial charge in [0.05, 0.1) is 42.4 Å². The van der Waals surface area contributed by atoms with Crippen LogP contribution in [0.4, 0.5) is 39.2 Å². The number of amides is 4. The first-order chi connectivity index (χ1) is 26.8. The first-order valence-electron chi connectivity index (χ1n) is 19.0. The molecule has 16 nitrogen and oxygen atoms in total. The maximum absolute atomic E-state index is 13.2. The quantitative estimate of drug-likeness (QED) is 0.242. The van der Waals surface area contributed by atoms with Crippen LogP contribution in [0, 0.1) is 6.92 Å². The normalized spacial score (nSPS) is 18.8. The molecule has 0 spiro atoms. The molecule has 0 saturated carbocycles. The summed E-state index contributed by atoms with van der Waals surface area (Å²) in [6.07, 6.45) is 6.94. The van der Waals surface area contributed by atoms with E-state index < -0.39 is 0 Å². The number of imide groups is 1. The first kappa shape index (κ1) is 34.7. The minimum atomic E-state index is -0.373. The van der Waals surface area contributed by atoms with Crippen LogP contribution in [0.2, 0.25) is 0 Å². The topological polar surface area (TPSA) is 164 Å². The Morgan fingerprint density at radius 2 is 1.71 bits per heavy atom. The van der Waals surface area contributed by atoms with E-state index in [9.17, 15) is 14.4 Å². The lowest BCUT2D eigenvalue weighted by Gasteiger charge is -2.49. The SMILES string of the molecule is Cc1c(N2CCc3cnc(Nc4ccc(CC(=O)N5CCN(C6CN(c7ccc(N8CCC(=O)NC8=O)cc7)C6)CC5)nc4)nc3C2)cnc2c1NCCO2. The smallest absolute Gasteiger partial charge is 0.328 e. The number of nitrogens with one attached hydrogen (secondary N) is 3. The predicted octanol–water partition coefficient (Wildman–Crippen LogP) is 2.71. The van der Waals surface area contributed by atoms with Crippen molar-refractivity contribution in [2.45, 2.75) is 38.8 Å². The van der Waals surface area contributed by atoms with Gasteiger partial charge in [-0.2, -0.15) is 0 Å². The number of urea groups is 1. The minimum Gasteiger partial charge on any atom is -0.474 e. The third-order valence-corrected chi connectivity index (χ3v) is 11.2. The van der Waals surface area contributed by atoms with Gasteiger partial charge >= 0.3 is 6.03 Å². The number of piperazine rings is 1. The van der Waals surface area contributed by atoms with Crippen molar-refractivity contribution in [2.24, 2.45) is 0 Å². The Morgan fingerprint density at radius 1 is 0.891 bits per heavy atom. The van der Waals surface area contributed by atoms with Crippen LogP contribution in [-0.2, 0) is 29.0 Å². The predicted molar refractivity (Wildman–Crippen MR) is 207 cm³/mol. The van der Waals surface area contributed by atoms with E-state index in [0.717, 1.165) is 96.6 Å². The van der Waals surface area contributed by atoms with Crippen LogP contribution in [0.3, 0.4) is 0 Å². The summed E-state index contributed by atoms with van der Waals surface area (Å²) in [5, 5.41) is 9.09. The van der Waals surface area contributed by atoms with Crippen molar-refractivity contribution in [1.82, 2.24) is 35.1 Å². The Labute approximate surface area is 318 Å². The number of anilines is 6. The van der Waals surface area contributed by atoms with E-state index in [1.807, 2.05) is 53.7 Å². The van der Waals surface area contributed by atoms with Crippen molar-refractivity contribution < 1.29 is 19.1 Å². The Bertz CT molecular complexity index is 2100. The first-order valence-corrected chi connectivity index (χ1v) is 19.0. The van der Waals surface area contributed by atoms with Gasteiger partial charge in [0.2, 0.25) is 23.6 Å². The molecular weight excluding hydrogens is 701 g/mol. The summed E-state index contributed by atoms with van der Waals surface area (Å²) in [6.45, 7) is 10.3. The summed E-state index contributed by atoms with van der Waals surface area (Å²) < 4.78 is 5.72. The van der Waals surface area contributed by atoms with Crippen molar-refractivity contribution in [3.05, 3.63) is 77.5 Å². The molecule has 55 heavy (non-hydrogen) atoms. The number of rotatable bonds is 8. The van der Waals surface area contributed by atoms with Crippen molar-refractivity contribution in [3.63, 3.8) is 0 Å². The third-order valence-electron chi connectivity index (χ3n) is 11.2. The van der Waals surface area contributed by atoms with Crippen molar-refractivity contribution in [1.29, 1.82) is 0 Å². The zero-order valence-corrected chi connectivity index (χ0v) is 30.8. The molecule has 0 unspecified atom stereocenters. The largest absolute Gasteiger partial charge is 0.474 e. The Balaban J connectivity index is 0.732. The van der Waals surface area contributed by atoms with Gasteiger partial charge in [0, 0.05) is 100 Å². The van der Waals surface area contributed by atoms with Gasteiger partial charge in [0.25, 0.3) is 0 Å². The molecule has 0 aliphatic carbocycles. The highest BCUT2D eigenvalue weighted by Crippen LogP contribution is 2.36. The molecule has 16 heteroatoms. The molecule has 5 aliphatic heterocycles. The van der Waals surface area contributed by atoms with E-state index in [2.05, 4.69) is 52.5 Å². The fraction of sp³-hybridized carbons (Fsp3) is 0.410. The molecule has 284 valence electrons. The van der Waals surface area contributed by atoms with Crippen molar-refractivity contribution in [2.75, 3.05) is 90.8 Å². The van der Waals surface area contributed by atoms with E-state index in [1.165, 1.54) is 0 Å². The third kappa shape index (κ3) is 7.16. The maximum atomic E-state index is 13.2. The number of fused-ring (bicyclic) bond motifs is 2. The van der Waals surface area contributed by atoms with Gasteiger partial charge in [0.1, 0.15) is 12.3 Å². The molecule has 3 saturated heterocycles. The zero-order chi connectivity index (χ0) is 37.5. The molecule has 4 aromatic rings. The lowest BCUT2D eigenvalue weighted by Crippen LogP contribution is -2.63. The van der Waals surface area contributed by atoms with Gasteiger partial charge in [0.15, 0.2) is 0 Å². The van der Waals surface area contributed by atoms with Gasteiger partial charge in [-0.25, -0.2) is 19.7 Å². The van der Waals surface area contributed by atoms with Gasteiger partial charge in [-0.3, -0.25) is 29.7 Å². The van der Waals surface area contributed by atoms with Gasteiger partial charge in [-0.1, -0.05) is 0 Å². The van der Waals surface area contributed by atoms with E-state index in [4.69, 9.17) is 9.72 Å². The summed E-state index contributed by atoms with van der Waals surface area (Å²) in [4.78, 5) is 66.1. The van der Waals surface area contributed by atoms with E-state index in [-0.39, 0.29) is 24.3 Å². The summed E-state index contributed by atoms with van der Waals surface area (Å²) in [6, 6.07) is 11.8. The Hall–Kier alpha value is -6.03. The second kappa shape index (κ2) is 14.7. The number of hydrogen-bond acceptors (Lipinski definition) is 13. The second-order valence-electron chi connectivity index (χ2n) is 14.6. The molecule has 0 atom stereocenters. The summed E-state index contributed by atoms with van der Waals surface area (Å²) in [5.74, 6) is 1.02. The Morgan fingerprint density at radius 3 is 2.49 bits per heavy atom. The lowest BCUT2D eigenvalue weighted by molar-refractivity contribution is -0.132. The molecule has 8 heterocycles. The average Bonchev–Trinajstić information content (AvgIpc) is 3.19. The number of pyridine rings is 2. The fourth-order valence-corrected chi connectivity index (χ4v) is 7.99. The Kier molecular flexibility index (Phi) is 9.25. The van der Waals surface area contributed by atoms with Crippen LogP contribution in [0.15, 0.2) is 55.0 Å². The number of aromatic nitrogens is 4. The molecule has 3 aromatic heterocycles. The van der Waals surface area contributed by atoms with Crippen molar-refractivity contribution in [3.8, 4) is 5.88 Å². The maximum Gasteiger partial charge on any atom is 0.328 e. The molecule has 3 fully saturated rings. The van der Waals surface area contributed by atoms with Crippen LogP contribution in [0.25, 0.3) is 0 Å². The molecule has 9 rings (SSSR count). The highest BCUT2D eigenvalue weighted by molar-refractivity contribution is 6.05. The van der Waals surface area contributed by atoms with Crippen LogP contribution in [-0.4, -0.2) is 119 Å².